The largest absolute Gasteiger partial charge is 0.490 e. The van der Waals surface area contributed by atoms with Crippen molar-refractivity contribution in [2.24, 2.45) is 12.8 Å². The molecular weight excluding hydrogens is 547 g/mol. The summed E-state index contributed by atoms with van der Waals surface area (Å²) in [5, 5.41) is 11.4. The van der Waals surface area contributed by atoms with Gasteiger partial charge in [-0.1, -0.05) is 0 Å². The SMILES string of the molecule is CC(=O)c1cc(N2CCN(C)CC2)ccc1Oc1ncc2c(n1)-c1c(c(C(N)=O)nn1C)CC2.O=C(O)C(F)(F)F. The van der Waals surface area contributed by atoms with Crippen LogP contribution in [0.25, 0.3) is 11.4 Å². The number of aromatic nitrogens is 4. The Kier molecular flexibility index (Phi) is 8.28. The number of hydrogen-bond acceptors (Lipinski definition) is 9. The topological polar surface area (TPSA) is 157 Å². The van der Waals surface area contributed by atoms with E-state index in [0.717, 1.165) is 48.7 Å². The lowest BCUT2D eigenvalue weighted by Crippen LogP contribution is -2.44. The molecule has 2 aromatic heterocycles. The second-order valence-electron chi connectivity index (χ2n) is 9.62. The molecule has 15 heteroatoms. The van der Waals surface area contributed by atoms with Crippen LogP contribution in [0.3, 0.4) is 0 Å². The monoisotopic (exact) mass is 575 g/mol. The van der Waals surface area contributed by atoms with Crippen LogP contribution in [0.4, 0.5) is 18.9 Å². The van der Waals surface area contributed by atoms with Crippen LogP contribution in [0.2, 0.25) is 0 Å². The third-order valence-corrected chi connectivity index (χ3v) is 6.74. The van der Waals surface area contributed by atoms with E-state index in [-0.39, 0.29) is 17.5 Å². The minimum absolute atomic E-state index is 0.0936. The Morgan fingerprint density at radius 3 is 2.32 bits per heavy atom. The second kappa shape index (κ2) is 11.5. The number of anilines is 1. The fraction of sp³-hybridized carbons (Fsp3) is 0.385. The summed E-state index contributed by atoms with van der Waals surface area (Å²) in [4.78, 5) is 46.7. The third kappa shape index (κ3) is 6.45. The number of amides is 1. The highest BCUT2D eigenvalue weighted by atomic mass is 19.4. The molecule has 1 aliphatic carbocycles. The highest BCUT2D eigenvalue weighted by Gasteiger charge is 2.38. The van der Waals surface area contributed by atoms with Gasteiger partial charge in [0, 0.05) is 50.7 Å². The first kappa shape index (κ1) is 29.5. The number of piperazine rings is 1. The molecule has 3 N–H and O–H groups in total. The number of carboxylic acids is 1. The summed E-state index contributed by atoms with van der Waals surface area (Å²) in [6, 6.07) is 5.76. The molecule has 0 bridgehead atoms. The maximum atomic E-state index is 12.4. The molecule has 0 atom stereocenters. The van der Waals surface area contributed by atoms with Gasteiger partial charge in [-0.25, -0.2) is 9.78 Å². The van der Waals surface area contributed by atoms with Crippen LogP contribution in [0.5, 0.6) is 11.8 Å². The average molecular weight is 576 g/mol. The average Bonchev–Trinajstić information content (AvgIpc) is 3.26. The number of carbonyl (C=O) groups excluding carboxylic acids is 2. The Bertz CT molecular complexity index is 1500. The summed E-state index contributed by atoms with van der Waals surface area (Å²) in [6.07, 6.45) is -2.04. The summed E-state index contributed by atoms with van der Waals surface area (Å²) >= 11 is 0. The number of halogens is 3. The van der Waals surface area contributed by atoms with Crippen molar-refractivity contribution in [1.82, 2.24) is 24.6 Å². The van der Waals surface area contributed by atoms with E-state index in [0.29, 0.717) is 29.8 Å². The van der Waals surface area contributed by atoms with Crippen LogP contribution in [0.1, 0.15) is 38.9 Å². The number of Topliss-reactive ketones (excluding diaryl/α,β-unsaturated/α-hetero) is 1. The van der Waals surface area contributed by atoms with Gasteiger partial charge >= 0.3 is 18.2 Å². The Morgan fingerprint density at radius 1 is 1.07 bits per heavy atom. The van der Waals surface area contributed by atoms with E-state index >= 15 is 0 Å². The molecular formula is C26H28F3N7O5. The van der Waals surface area contributed by atoms with Gasteiger partial charge in [0.1, 0.15) is 5.75 Å². The van der Waals surface area contributed by atoms with Gasteiger partial charge in [-0.2, -0.15) is 23.3 Å². The van der Waals surface area contributed by atoms with E-state index in [1.165, 1.54) is 6.92 Å². The van der Waals surface area contributed by atoms with E-state index in [4.69, 9.17) is 20.4 Å². The van der Waals surface area contributed by atoms with Crippen LogP contribution in [0.15, 0.2) is 24.4 Å². The molecule has 3 heterocycles. The number of ether oxygens (including phenoxy) is 1. The number of likely N-dealkylation sites (N-methyl/N-ethyl adjacent to an activating group) is 1. The van der Waals surface area contributed by atoms with E-state index in [1.807, 2.05) is 12.1 Å². The standard InChI is InChI=1S/C24H27N7O3.C2HF3O2/c1-14(32)18-12-16(31-10-8-29(2)9-11-31)5-7-19(18)34-24-26-13-15-4-6-17-21(23(25)33)28-30(3)22(17)20(15)27-24;3-2(4,5)1(6)7/h5,7,12-13H,4,6,8-11H2,1-3H3,(H2,25,33);(H,6,7). The minimum Gasteiger partial charge on any atom is -0.475 e. The van der Waals surface area contributed by atoms with Crippen LogP contribution >= 0.6 is 0 Å². The molecule has 218 valence electrons. The molecule has 1 fully saturated rings. The predicted molar refractivity (Wildman–Crippen MR) is 140 cm³/mol. The van der Waals surface area contributed by atoms with Crippen molar-refractivity contribution >= 4 is 23.3 Å². The quantitative estimate of drug-likeness (QED) is 0.433. The summed E-state index contributed by atoms with van der Waals surface area (Å²) in [7, 11) is 3.87. The maximum absolute atomic E-state index is 12.4. The molecule has 0 unspecified atom stereocenters. The third-order valence-electron chi connectivity index (χ3n) is 6.74. The zero-order valence-electron chi connectivity index (χ0n) is 22.5. The van der Waals surface area contributed by atoms with Crippen molar-refractivity contribution in [3.63, 3.8) is 0 Å². The Morgan fingerprint density at radius 2 is 1.73 bits per heavy atom. The van der Waals surface area contributed by atoms with Gasteiger partial charge in [0.25, 0.3) is 5.91 Å². The number of nitrogens with zero attached hydrogens (tertiary/aromatic N) is 6. The Hall–Kier alpha value is -4.53. The lowest BCUT2D eigenvalue weighted by atomic mass is 9.93. The molecule has 1 saturated heterocycles. The van der Waals surface area contributed by atoms with Gasteiger partial charge in [-0.3, -0.25) is 14.3 Å². The van der Waals surface area contributed by atoms with Gasteiger partial charge in [0.15, 0.2) is 11.5 Å². The highest BCUT2D eigenvalue weighted by molar-refractivity contribution is 5.98. The Balaban J connectivity index is 0.000000493. The molecule has 1 aliphatic heterocycles. The lowest BCUT2D eigenvalue weighted by Gasteiger charge is -2.34. The number of primary amides is 1. The number of ketones is 1. The Labute approximate surface area is 232 Å². The first-order chi connectivity index (χ1) is 19.3. The normalized spacial score (nSPS) is 14.8. The number of rotatable bonds is 5. The summed E-state index contributed by atoms with van der Waals surface area (Å²) < 4.78 is 39.4. The number of alkyl halides is 3. The number of aliphatic carboxylic acids is 1. The fourth-order valence-corrected chi connectivity index (χ4v) is 4.63. The molecule has 0 spiro atoms. The van der Waals surface area contributed by atoms with E-state index in [1.54, 1.807) is 24.0 Å². The number of nitrogens with two attached hydrogens (primary N) is 1. The zero-order chi connectivity index (χ0) is 30.1. The molecule has 1 amide bonds. The molecule has 0 saturated carbocycles. The minimum atomic E-state index is -5.08. The number of carboxylic acid groups (broad SMARTS) is 1. The van der Waals surface area contributed by atoms with Crippen molar-refractivity contribution in [3.05, 3.63) is 46.8 Å². The van der Waals surface area contributed by atoms with Crippen LogP contribution in [-0.4, -0.2) is 86.8 Å². The smallest absolute Gasteiger partial charge is 0.475 e. The number of benzene rings is 1. The number of fused-ring (bicyclic) bond motifs is 3. The lowest BCUT2D eigenvalue weighted by molar-refractivity contribution is -0.192. The van der Waals surface area contributed by atoms with Crippen molar-refractivity contribution in [3.8, 4) is 23.1 Å². The second-order valence-corrected chi connectivity index (χ2v) is 9.62. The van der Waals surface area contributed by atoms with Gasteiger partial charge in [-0.05, 0) is 50.6 Å². The van der Waals surface area contributed by atoms with E-state index < -0.39 is 18.1 Å². The molecule has 41 heavy (non-hydrogen) atoms. The van der Waals surface area contributed by atoms with Gasteiger partial charge in [0.2, 0.25) is 0 Å². The highest BCUT2D eigenvalue weighted by Crippen LogP contribution is 2.35. The molecule has 2 aliphatic rings. The number of aryl methyl sites for hydroxylation is 2. The molecule has 3 aromatic rings. The zero-order valence-corrected chi connectivity index (χ0v) is 22.5. The summed E-state index contributed by atoms with van der Waals surface area (Å²) in [5.74, 6) is -3.00. The first-order valence-corrected chi connectivity index (χ1v) is 12.5. The fourth-order valence-electron chi connectivity index (χ4n) is 4.63. The van der Waals surface area contributed by atoms with Gasteiger partial charge < -0.3 is 25.4 Å². The molecule has 0 radical (unpaired) electrons. The molecule has 5 rings (SSSR count). The van der Waals surface area contributed by atoms with Crippen LogP contribution in [-0.2, 0) is 24.7 Å². The van der Waals surface area contributed by atoms with Gasteiger partial charge in [-0.15, -0.1) is 0 Å². The van der Waals surface area contributed by atoms with Crippen molar-refractivity contribution in [1.29, 1.82) is 0 Å². The van der Waals surface area contributed by atoms with Gasteiger partial charge in [0.05, 0.1) is 17.0 Å². The predicted octanol–water partition coefficient (Wildman–Crippen LogP) is 2.45. The van der Waals surface area contributed by atoms with Crippen molar-refractivity contribution in [2.75, 3.05) is 38.1 Å². The molecule has 12 nitrogen and oxygen atoms in total. The van der Waals surface area contributed by atoms with E-state index in [9.17, 15) is 22.8 Å². The van der Waals surface area contributed by atoms with Crippen molar-refractivity contribution in [2.45, 2.75) is 25.9 Å². The first-order valence-electron chi connectivity index (χ1n) is 12.5. The van der Waals surface area contributed by atoms with E-state index in [2.05, 4.69) is 31.9 Å². The number of hydrogen-bond donors (Lipinski definition) is 2. The number of carbonyl (C=O) groups is 3. The van der Waals surface area contributed by atoms with Crippen LogP contribution in [0, 0.1) is 0 Å². The molecule has 1 aromatic carbocycles. The summed E-state index contributed by atoms with van der Waals surface area (Å²) in [5.41, 5.74) is 10.4. The van der Waals surface area contributed by atoms with Crippen LogP contribution < -0.4 is 15.4 Å². The summed E-state index contributed by atoms with van der Waals surface area (Å²) in [6.45, 7) is 5.29. The maximum Gasteiger partial charge on any atom is 0.490 e. The van der Waals surface area contributed by atoms with Crippen molar-refractivity contribution < 1.29 is 37.4 Å².